The molecule has 0 aromatic heterocycles. The van der Waals surface area contributed by atoms with Gasteiger partial charge in [0.05, 0.1) is 6.10 Å². The number of rotatable bonds is 1. The van der Waals surface area contributed by atoms with E-state index in [1.807, 2.05) is 0 Å². The number of ether oxygens (including phenoxy) is 1. The third kappa shape index (κ3) is 2.37. The van der Waals surface area contributed by atoms with Gasteiger partial charge in [-0.2, -0.15) is 0 Å². The van der Waals surface area contributed by atoms with Crippen molar-refractivity contribution in [2.24, 2.45) is 11.8 Å². The van der Waals surface area contributed by atoms with Crippen LogP contribution >= 0.6 is 0 Å². The molecule has 2 heteroatoms. The number of nitrogens with zero attached hydrogens (tertiary/aromatic N) is 1. The van der Waals surface area contributed by atoms with Gasteiger partial charge in [0.25, 0.3) is 0 Å². The van der Waals surface area contributed by atoms with Crippen LogP contribution in [0.5, 0.6) is 0 Å². The van der Waals surface area contributed by atoms with Gasteiger partial charge in [-0.1, -0.05) is 44.5 Å². The molecule has 0 N–H and O–H groups in total. The summed E-state index contributed by atoms with van der Waals surface area (Å²) in [7, 11) is 0. The Balaban J connectivity index is 1.74. The standard InChI is InChI=1S/C21H31NO/c1-5-16-17-9-7-6-8-15(17)13-22-20(16)23-19-12-14(2)10-11-18(19)21(22,3)4/h6-9,14,16,18-20H,5,10-13H2,1-4H3/t14-,16-,18-,19?,20?/m1/s1. The maximum atomic E-state index is 6.79. The Bertz CT molecular complexity index is 581. The molecular weight excluding hydrogens is 282 g/mol. The van der Waals surface area contributed by atoms with E-state index in [9.17, 15) is 0 Å². The molecule has 1 saturated carbocycles. The molecule has 2 fully saturated rings. The maximum Gasteiger partial charge on any atom is 0.118 e. The van der Waals surface area contributed by atoms with Crippen LogP contribution in [0.3, 0.4) is 0 Å². The first-order valence-electron chi connectivity index (χ1n) is 9.52. The van der Waals surface area contributed by atoms with Crippen LogP contribution in [0.25, 0.3) is 0 Å². The smallest absolute Gasteiger partial charge is 0.118 e. The van der Waals surface area contributed by atoms with Gasteiger partial charge in [0.1, 0.15) is 6.23 Å². The number of fused-ring (bicyclic) bond motifs is 3. The quantitative estimate of drug-likeness (QED) is 0.728. The Labute approximate surface area is 141 Å². The minimum atomic E-state index is 0.231. The van der Waals surface area contributed by atoms with Crippen LogP contribution in [0.1, 0.15) is 70.4 Å². The molecule has 5 atom stereocenters. The Morgan fingerprint density at radius 2 is 2.00 bits per heavy atom. The molecule has 126 valence electrons. The maximum absolute atomic E-state index is 6.79. The van der Waals surface area contributed by atoms with Gasteiger partial charge in [-0.25, -0.2) is 0 Å². The average Bonchev–Trinajstić information content (AvgIpc) is 2.53. The highest BCUT2D eigenvalue weighted by Gasteiger charge is 2.53. The van der Waals surface area contributed by atoms with Crippen molar-refractivity contribution in [1.29, 1.82) is 0 Å². The molecule has 4 rings (SSSR count). The van der Waals surface area contributed by atoms with Crippen LogP contribution in [0.4, 0.5) is 0 Å². The predicted octanol–water partition coefficient (Wildman–Crippen LogP) is 4.94. The lowest BCUT2D eigenvalue weighted by Gasteiger charge is -2.60. The van der Waals surface area contributed by atoms with Crippen LogP contribution < -0.4 is 0 Å². The monoisotopic (exact) mass is 313 g/mol. The fourth-order valence-electron chi connectivity index (χ4n) is 5.49. The molecule has 0 spiro atoms. The predicted molar refractivity (Wildman–Crippen MR) is 94.3 cm³/mol. The minimum absolute atomic E-state index is 0.231. The highest BCUT2D eigenvalue weighted by atomic mass is 16.5. The molecule has 2 heterocycles. The van der Waals surface area contributed by atoms with Gasteiger partial charge in [-0.3, -0.25) is 4.90 Å². The highest BCUT2D eigenvalue weighted by molar-refractivity contribution is 5.34. The van der Waals surface area contributed by atoms with Gasteiger partial charge >= 0.3 is 0 Å². The summed E-state index contributed by atoms with van der Waals surface area (Å²) in [6.45, 7) is 10.7. The number of hydrogen-bond acceptors (Lipinski definition) is 2. The molecule has 23 heavy (non-hydrogen) atoms. The van der Waals surface area contributed by atoms with E-state index >= 15 is 0 Å². The molecule has 0 amide bonds. The zero-order chi connectivity index (χ0) is 16.2. The second-order valence-electron chi connectivity index (χ2n) is 8.58. The fourth-order valence-corrected chi connectivity index (χ4v) is 5.49. The second kappa shape index (κ2) is 5.60. The van der Waals surface area contributed by atoms with Crippen molar-refractivity contribution in [3.63, 3.8) is 0 Å². The summed E-state index contributed by atoms with van der Waals surface area (Å²) in [5, 5.41) is 0. The van der Waals surface area contributed by atoms with Crippen molar-refractivity contribution in [2.45, 2.75) is 83.7 Å². The summed E-state index contributed by atoms with van der Waals surface area (Å²) in [4.78, 5) is 2.68. The normalized spacial score (nSPS) is 39.2. The van der Waals surface area contributed by atoms with Crippen LogP contribution in [-0.2, 0) is 11.3 Å². The molecule has 1 saturated heterocycles. The lowest BCUT2D eigenvalue weighted by Crippen LogP contribution is -2.66. The van der Waals surface area contributed by atoms with Crippen molar-refractivity contribution in [3.8, 4) is 0 Å². The molecule has 0 bridgehead atoms. The SMILES string of the molecule is CC[C@@H]1c2ccccc2CN2C1OC1C[C@H](C)CC[C@H]1C2(C)C. The first-order valence-corrected chi connectivity index (χ1v) is 9.52. The Morgan fingerprint density at radius 1 is 1.22 bits per heavy atom. The van der Waals surface area contributed by atoms with E-state index in [0.717, 1.165) is 18.9 Å². The van der Waals surface area contributed by atoms with Crippen molar-refractivity contribution in [3.05, 3.63) is 35.4 Å². The summed E-state index contributed by atoms with van der Waals surface area (Å²) in [6, 6.07) is 9.03. The largest absolute Gasteiger partial charge is 0.359 e. The summed E-state index contributed by atoms with van der Waals surface area (Å²) in [6.07, 6.45) is 5.80. The van der Waals surface area contributed by atoms with Crippen molar-refractivity contribution in [2.75, 3.05) is 0 Å². The Kier molecular flexibility index (Phi) is 3.81. The molecule has 2 unspecified atom stereocenters. The molecule has 2 nitrogen and oxygen atoms in total. The summed E-state index contributed by atoms with van der Waals surface area (Å²) >= 11 is 0. The third-order valence-corrected chi connectivity index (χ3v) is 6.90. The zero-order valence-corrected chi connectivity index (χ0v) is 15.1. The summed E-state index contributed by atoms with van der Waals surface area (Å²) in [5.74, 6) is 2.00. The van der Waals surface area contributed by atoms with E-state index in [2.05, 4.69) is 56.9 Å². The van der Waals surface area contributed by atoms with E-state index in [1.165, 1.54) is 30.4 Å². The molecule has 2 aliphatic heterocycles. The zero-order valence-electron chi connectivity index (χ0n) is 15.1. The summed E-state index contributed by atoms with van der Waals surface area (Å²) in [5.41, 5.74) is 3.26. The van der Waals surface area contributed by atoms with E-state index in [0.29, 0.717) is 17.9 Å². The van der Waals surface area contributed by atoms with Gasteiger partial charge in [0, 0.05) is 23.9 Å². The minimum Gasteiger partial charge on any atom is -0.359 e. The molecule has 1 aromatic carbocycles. The molecule has 3 aliphatic rings. The van der Waals surface area contributed by atoms with Crippen molar-refractivity contribution >= 4 is 0 Å². The first kappa shape index (κ1) is 15.7. The van der Waals surface area contributed by atoms with Crippen LogP contribution in [0.2, 0.25) is 0 Å². The van der Waals surface area contributed by atoms with Crippen LogP contribution in [-0.4, -0.2) is 22.8 Å². The topological polar surface area (TPSA) is 12.5 Å². The molecule has 0 radical (unpaired) electrons. The summed E-state index contributed by atoms with van der Waals surface area (Å²) < 4.78 is 6.79. The van der Waals surface area contributed by atoms with Gasteiger partial charge in [0.15, 0.2) is 0 Å². The number of hydrogen-bond donors (Lipinski definition) is 0. The molecule has 1 aromatic rings. The third-order valence-electron chi connectivity index (χ3n) is 6.90. The van der Waals surface area contributed by atoms with Gasteiger partial charge in [0.2, 0.25) is 0 Å². The molecular formula is C21H31NO. The van der Waals surface area contributed by atoms with Crippen molar-refractivity contribution in [1.82, 2.24) is 4.90 Å². The highest BCUT2D eigenvalue weighted by Crippen LogP contribution is 2.50. The Morgan fingerprint density at radius 3 is 2.78 bits per heavy atom. The van der Waals surface area contributed by atoms with E-state index in [1.54, 1.807) is 0 Å². The van der Waals surface area contributed by atoms with E-state index in [4.69, 9.17) is 4.74 Å². The average molecular weight is 313 g/mol. The van der Waals surface area contributed by atoms with Gasteiger partial charge in [-0.05, 0) is 50.2 Å². The fraction of sp³-hybridized carbons (Fsp3) is 0.714. The lowest BCUT2D eigenvalue weighted by molar-refractivity contribution is -0.248. The van der Waals surface area contributed by atoms with Crippen LogP contribution in [0.15, 0.2) is 24.3 Å². The first-order chi connectivity index (χ1) is 11.0. The van der Waals surface area contributed by atoms with Gasteiger partial charge < -0.3 is 4.74 Å². The lowest BCUT2D eigenvalue weighted by atomic mass is 9.68. The number of benzene rings is 1. The van der Waals surface area contributed by atoms with Crippen molar-refractivity contribution < 1.29 is 4.74 Å². The van der Waals surface area contributed by atoms with E-state index < -0.39 is 0 Å². The van der Waals surface area contributed by atoms with Gasteiger partial charge in [-0.15, -0.1) is 0 Å². The Hall–Kier alpha value is -0.860. The second-order valence-corrected chi connectivity index (χ2v) is 8.58. The van der Waals surface area contributed by atoms with E-state index in [-0.39, 0.29) is 11.8 Å². The molecule has 1 aliphatic carbocycles. The van der Waals surface area contributed by atoms with Crippen LogP contribution in [0, 0.1) is 11.8 Å².